The van der Waals surface area contributed by atoms with Gasteiger partial charge in [-0.25, -0.2) is 14.4 Å². The molecule has 1 saturated heterocycles. The molecular formula is C24H25FN6. The minimum atomic E-state index is -0.309. The van der Waals surface area contributed by atoms with Crippen LogP contribution < -0.4 is 5.32 Å². The summed E-state index contributed by atoms with van der Waals surface area (Å²) >= 11 is 0. The molecule has 1 N–H and O–H groups in total. The van der Waals surface area contributed by atoms with Crippen molar-refractivity contribution in [3.8, 4) is 0 Å². The lowest BCUT2D eigenvalue weighted by molar-refractivity contribution is 0.294. The number of fused-ring (bicyclic) bond motifs is 2. The third-order valence-corrected chi connectivity index (χ3v) is 6.40. The number of hydrogen-bond donors (Lipinski definition) is 1. The van der Waals surface area contributed by atoms with Crippen LogP contribution in [0.3, 0.4) is 0 Å². The molecule has 6 rings (SSSR count). The second-order valence-electron chi connectivity index (χ2n) is 8.53. The van der Waals surface area contributed by atoms with E-state index in [4.69, 9.17) is 4.99 Å². The predicted octanol–water partition coefficient (Wildman–Crippen LogP) is 3.59. The van der Waals surface area contributed by atoms with Crippen molar-refractivity contribution in [3.63, 3.8) is 0 Å². The number of amidine groups is 1. The van der Waals surface area contributed by atoms with Crippen molar-refractivity contribution in [2.24, 2.45) is 4.99 Å². The van der Waals surface area contributed by atoms with Gasteiger partial charge < -0.3 is 19.5 Å². The molecule has 0 spiro atoms. The van der Waals surface area contributed by atoms with Gasteiger partial charge in [-0.05, 0) is 50.0 Å². The molecule has 2 fully saturated rings. The Balaban J connectivity index is 1.40. The van der Waals surface area contributed by atoms with Crippen LogP contribution in [-0.2, 0) is 0 Å². The van der Waals surface area contributed by atoms with E-state index in [-0.39, 0.29) is 5.82 Å². The monoisotopic (exact) mass is 416 g/mol. The largest absolute Gasteiger partial charge is 0.354 e. The number of pyridine rings is 1. The van der Waals surface area contributed by atoms with Gasteiger partial charge in [0.15, 0.2) is 11.5 Å². The van der Waals surface area contributed by atoms with Crippen molar-refractivity contribution in [2.75, 3.05) is 26.2 Å². The Morgan fingerprint density at radius 2 is 1.94 bits per heavy atom. The third kappa shape index (κ3) is 3.20. The first-order valence-corrected chi connectivity index (χ1v) is 11.0. The molecule has 2 aromatic heterocycles. The summed E-state index contributed by atoms with van der Waals surface area (Å²) < 4.78 is 16.4. The van der Waals surface area contributed by atoms with Gasteiger partial charge in [0.2, 0.25) is 0 Å². The van der Waals surface area contributed by atoms with Crippen molar-refractivity contribution in [1.82, 2.24) is 24.5 Å². The average molecular weight is 417 g/mol. The van der Waals surface area contributed by atoms with Crippen molar-refractivity contribution in [3.05, 3.63) is 77.1 Å². The second-order valence-corrected chi connectivity index (χ2v) is 8.53. The van der Waals surface area contributed by atoms with E-state index in [2.05, 4.69) is 32.4 Å². The Kier molecular flexibility index (Phi) is 4.31. The van der Waals surface area contributed by atoms with Crippen LogP contribution in [0.1, 0.15) is 30.5 Å². The molecule has 0 unspecified atom stereocenters. The highest BCUT2D eigenvalue weighted by molar-refractivity contribution is 6.02. The molecule has 2 aromatic rings. The molecule has 3 aliphatic heterocycles. The number of piperazine rings is 1. The molecular weight excluding hydrogens is 391 g/mol. The summed E-state index contributed by atoms with van der Waals surface area (Å²) in [7, 11) is 0. The van der Waals surface area contributed by atoms with E-state index in [1.165, 1.54) is 17.7 Å². The van der Waals surface area contributed by atoms with E-state index < -0.39 is 0 Å². The Hall–Kier alpha value is -3.19. The van der Waals surface area contributed by atoms with E-state index in [0.717, 1.165) is 67.5 Å². The van der Waals surface area contributed by atoms with Crippen LogP contribution in [-0.4, -0.2) is 51.2 Å². The fraction of sp³-hybridized carbons (Fsp3) is 0.333. The molecule has 0 atom stereocenters. The zero-order valence-corrected chi connectivity index (χ0v) is 17.6. The van der Waals surface area contributed by atoms with Crippen LogP contribution in [0.15, 0.2) is 65.0 Å². The number of allylic oxidation sites excluding steroid dienone is 4. The Bertz CT molecular complexity index is 1220. The van der Waals surface area contributed by atoms with E-state index in [1.54, 1.807) is 10.5 Å². The molecule has 0 aromatic carbocycles. The van der Waals surface area contributed by atoms with Gasteiger partial charge in [-0.1, -0.05) is 0 Å². The lowest BCUT2D eigenvalue weighted by Crippen LogP contribution is -2.44. The molecule has 1 aliphatic carbocycles. The number of imidazole rings is 1. The lowest BCUT2D eigenvalue weighted by Gasteiger charge is -2.37. The van der Waals surface area contributed by atoms with Crippen molar-refractivity contribution >= 4 is 17.1 Å². The number of halogens is 1. The standard InChI is InChI=1S/C24H25FN6/c1-16-13-30-14-19(11-20(25)24(30)27-16)18-5-6-22-28-23(29-9-7-26-8-10-29)12-21(31(22)15-18)17-3-2-4-17/h5-6,11-15,26H,2-4,7-10H2,1H3. The van der Waals surface area contributed by atoms with E-state index in [0.29, 0.717) is 5.65 Å². The number of hydrogen-bond acceptors (Lipinski definition) is 5. The second kappa shape index (κ2) is 7.20. The molecule has 5 heterocycles. The van der Waals surface area contributed by atoms with E-state index in [9.17, 15) is 4.39 Å². The van der Waals surface area contributed by atoms with Gasteiger partial charge in [0.05, 0.1) is 5.69 Å². The SMILES string of the molecule is Cc1cn2cc(C3=CN4C(=NC(N5CCNCC5)=CC4=C4CCC4)C=C3)cc(F)c2n1. The zero-order valence-electron chi connectivity index (χ0n) is 17.6. The highest BCUT2D eigenvalue weighted by Gasteiger charge is 2.28. The summed E-state index contributed by atoms with van der Waals surface area (Å²) in [5.74, 6) is 1.66. The first-order valence-electron chi connectivity index (χ1n) is 11.0. The summed E-state index contributed by atoms with van der Waals surface area (Å²) in [5, 5.41) is 3.41. The van der Waals surface area contributed by atoms with Crippen LogP contribution in [0.2, 0.25) is 0 Å². The number of aliphatic imine (C=N–C) groups is 1. The quantitative estimate of drug-likeness (QED) is 0.813. The zero-order chi connectivity index (χ0) is 20.9. The van der Waals surface area contributed by atoms with Gasteiger partial charge in [0.25, 0.3) is 0 Å². The summed E-state index contributed by atoms with van der Waals surface area (Å²) in [5.41, 5.74) is 5.65. The predicted molar refractivity (Wildman–Crippen MR) is 120 cm³/mol. The van der Waals surface area contributed by atoms with Crippen LogP contribution in [0.4, 0.5) is 4.39 Å². The van der Waals surface area contributed by atoms with Crippen molar-refractivity contribution in [2.45, 2.75) is 26.2 Å². The molecule has 6 nitrogen and oxygen atoms in total. The molecule has 0 bridgehead atoms. The number of aryl methyl sites for hydroxylation is 1. The van der Waals surface area contributed by atoms with Crippen LogP contribution in [0.25, 0.3) is 11.2 Å². The smallest absolute Gasteiger partial charge is 0.173 e. The molecule has 4 aliphatic rings. The van der Waals surface area contributed by atoms with Gasteiger partial charge in [-0.2, -0.15) is 0 Å². The summed E-state index contributed by atoms with van der Waals surface area (Å²) in [6.07, 6.45) is 15.7. The van der Waals surface area contributed by atoms with Crippen LogP contribution >= 0.6 is 0 Å². The number of aromatic nitrogens is 2. The third-order valence-electron chi connectivity index (χ3n) is 6.40. The fourth-order valence-electron chi connectivity index (χ4n) is 4.56. The Morgan fingerprint density at radius 1 is 1.10 bits per heavy atom. The van der Waals surface area contributed by atoms with Crippen LogP contribution in [0.5, 0.6) is 0 Å². The number of nitrogens with one attached hydrogen (secondary N) is 1. The minimum absolute atomic E-state index is 0.309. The highest BCUT2D eigenvalue weighted by Crippen LogP contribution is 2.36. The van der Waals surface area contributed by atoms with Gasteiger partial charge in [0, 0.05) is 67.7 Å². The highest BCUT2D eigenvalue weighted by atomic mass is 19.1. The van der Waals surface area contributed by atoms with Gasteiger partial charge >= 0.3 is 0 Å². The number of rotatable bonds is 2. The maximum Gasteiger partial charge on any atom is 0.173 e. The van der Waals surface area contributed by atoms with Crippen molar-refractivity contribution < 1.29 is 4.39 Å². The van der Waals surface area contributed by atoms with Gasteiger partial charge in [0.1, 0.15) is 11.7 Å². The maximum atomic E-state index is 14.7. The first kappa shape index (κ1) is 18.6. The van der Waals surface area contributed by atoms with Gasteiger partial charge in [-0.3, -0.25) is 0 Å². The Morgan fingerprint density at radius 3 is 2.71 bits per heavy atom. The Labute approximate surface area is 180 Å². The van der Waals surface area contributed by atoms with Crippen LogP contribution in [0, 0.1) is 12.7 Å². The molecule has 0 radical (unpaired) electrons. The summed E-state index contributed by atoms with van der Waals surface area (Å²) in [4.78, 5) is 13.8. The average Bonchev–Trinajstić information content (AvgIpc) is 3.13. The fourth-order valence-corrected chi connectivity index (χ4v) is 4.56. The van der Waals surface area contributed by atoms with Crippen molar-refractivity contribution in [1.29, 1.82) is 0 Å². The first-order chi connectivity index (χ1) is 15.2. The summed E-state index contributed by atoms with van der Waals surface area (Å²) in [6.45, 7) is 5.79. The van der Waals surface area contributed by atoms with Gasteiger partial charge in [-0.15, -0.1) is 0 Å². The molecule has 158 valence electrons. The lowest BCUT2D eigenvalue weighted by atomic mass is 9.89. The van der Waals surface area contributed by atoms with E-state index in [1.807, 2.05) is 31.5 Å². The molecule has 31 heavy (non-hydrogen) atoms. The molecule has 1 saturated carbocycles. The summed E-state index contributed by atoms with van der Waals surface area (Å²) in [6, 6.07) is 1.57. The molecule has 0 amide bonds. The topological polar surface area (TPSA) is 48.2 Å². The minimum Gasteiger partial charge on any atom is -0.354 e. The van der Waals surface area contributed by atoms with E-state index >= 15 is 0 Å². The maximum absolute atomic E-state index is 14.7. The normalized spacial score (nSPS) is 21.0. The molecule has 7 heteroatoms. The number of nitrogens with zero attached hydrogens (tertiary/aromatic N) is 5.